The number of anilines is 1. The van der Waals surface area contributed by atoms with E-state index in [1.165, 1.54) is 72.7 Å². The number of aliphatic hydroxyl groups excluding tert-OH is 1. The fourth-order valence-corrected chi connectivity index (χ4v) is 4.80. The lowest BCUT2D eigenvalue weighted by Crippen LogP contribution is -2.29. The molecule has 2 N–H and O–H groups in total. The van der Waals surface area contributed by atoms with Gasteiger partial charge in [0.25, 0.3) is 11.7 Å². The quantitative estimate of drug-likeness (QED) is 0.168. The van der Waals surface area contributed by atoms with Crippen LogP contribution >= 0.6 is 23.2 Å². The minimum atomic E-state index is -1.07. The molecule has 1 heterocycles. The van der Waals surface area contributed by atoms with E-state index in [0.717, 1.165) is 0 Å². The zero-order valence-electron chi connectivity index (χ0n) is 20.6. The Bertz CT molecular complexity index is 1420. The Hall–Kier alpha value is -4.01. The summed E-state index contributed by atoms with van der Waals surface area (Å²) >= 11 is 12.5. The molecule has 38 heavy (non-hydrogen) atoms. The summed E-state index contributed by atoms with van der Waals surface area (Å²) in [4.78, 5) is 40.1. The van der Waals surface area contributed by atoms with E-state index in [9.17, 15) is 24.6 Å². The SMILES string of the molecule is COc1c(Cl)cc(/C(O)=C2\C(=O)C(=O)N(c3ccc(C(=O)OC(C)C)cc3)C2c2ccc(O)cc2)cc1Cl. The summed E-state index contributed by atoms with van der Waals surface area (Å²) in [5, 5.41) is 21.3. The van der Waals surface area contributed by atoms with Crippen molar-refractivity contribution in [1.29, 1.82) is 0 Å². The van der Waals surface area contributed by atoms with Crippen molar-refractivity contribution in [2.75, 3.05) is 12.0 Å². The molecule has 1 aliphatic heterocycles. The first-order valence-corrected chi connectivity index (χ1v) is 12.2. The third-order valence-electron chi connectivity index (χ3n) is 5.85. The van der Waals surface area contributed by atoms with Gasteiger partial charge in [0.2, 0.25) is 0 Å². The van der Waals surface area contributed by atoms with Crippen molar-refractivity contribution in [1.82, 2.24) is 0 Å². The third-order valence-corrected chi connectivity index (χ3v) is 6.41. The van der Waals surface area contributed by atoms with Crippen LogP contribution in [0.3, 0.4) is 0 Å². The van der Waals surface area contributed by atoms with Crippen LogP contribution in [0.2, 0.25) is 10.0 Å². The van der Waals surface area contributed by atoms with Gasteiger partial charge in [0.1, 0.15) is 11.5 Å². The molecular weight excluding hydrogens is 533 g/mol. The normalized spacial score (nSPS) is 16.7. The molecule has 1 fully saturated rings. The molecule has 0 radical (unpaired) electrons. The summed E-state index contributed by atoms with van der Waals surface area (Å²) in [5.41, 5.74) is 0.909. The molecule has 0 aromatic heterocycles. The van der Waals surface area contributed by atoms with E-state index in [1.807, 2.05) is 0 Å². The number of aromatic hydroxyl groups is 1. The lowest BCUT2D eigenvalue weighted by Gasteiger charge is -2.25. The van der Waals surface area contributed by atoms with Crippen LogP contribution in [0.5, 0.6) is 11.5 Å². The molecule has 4 rings (SSSR count). The van der Waals surface area contributed by atoms with Crippen molar-refractivity contribution in [3.8, 4) is 11.5 Å². The number of benzene rings is 3. The van der Waals surface area contributed by atoms with Gasteiger partial charge in [-0.15, -0.1) is 0 Å². The lowest BCUT2D eigenvalue weighted by atomic mass is 9.95. The van der Waals surface area contributed by atoms with Crippen LogP contribution in [0.4, 0.5) is 5.69 Å². The highest BCUT2D eigenvalue weighted by molar-refractivity contribution is 6.51. The Kier molecular flexibility index (Phi) is 7.66. The first kappa shape index (κ1) is 27.0. The number of phenols is 1. The molecule has 3 aromatic carbocycles. The number of esters is 1. The van der Waals surface area contributed by atoms with Gasteiger partial charge in [-0.05, 0) is 67.9 Å². The van der Waals surface area contributed by atoms with Gasteiger partial charge in [-0.2, -0.15) is 0 Å². The molecule has 8 nitrogen and oxygen atoms in total. The lowest BCUT2D eigenvalue weighted by molar-refractivity contribution is -0.132. The van der Waals surface area contributed by atoms with Crippen LogP contribution in [0.15, 0.2) is 66.2 Å². The highest BCUT2D eigenvalue weighted by Gasteiger charge is 2.47. The van der Waals surface area contributed by atoms with Crippen LogP contribution in [-0.4, -0.2) is 41.1 Å². The van der Waals surface area contributed by atoms with Crippen molar-refractivity contribution in [3.63, 3.8) is 0 Å². The smallest absolute Gasteiger partial charge is 0.338 e. The van der Waals surface area contributed by atoms with E-state index in [2.05, 4.69) is 0 Å². The van der Waals surface area contributed by atoms with Crippen LogP contribution in [0, 0.1) is 0 Å². The van der Waals surface area contributed by atoms with Crippen molar-refractivity contribution in [2.24, 2.45) is 0 Å². The molecule has 0 aliphatic carbocycles. The molecule has 1 unspecified atom stereocenters. The Balaban J connectivity index is 1.86. The van der Waals surface area contributed by atoms with Gasteiger partial charge in [0.05, 0.1) is 40.4 Å². The Morgan fingerprint density at radius 2 is 1.53 bits per heavy atom. The van der Waals surface area contributed by atoms with E-state index >= 15 is 0 Å². The monoisotopic (exact) mass is 555 g/mol. The highest BCUT2D eigenvalue weighted by Crippen LogP contribution is 2.44. The first-order valence-electron chi connectivity index (χ1n) is 11.5. The molecule has 1 atom stereocenters. The number of halogens is 2. The predicted molar refractivity (Wildman–Crippen MR) is 143 cm³/mol. The number of nitrogens with zero attached hydrogens (tertiary/aromatic N) is 1. The van der Waals surface area contributed by atoms with E-state index in [4.69, 9.17) is 32.7 Å². The van der Waals surface area contributed by atoms with Crippen molar-refractivity contribution in [2.45, 2.75) is 26.0 Å². The average molecular weight is 556 g/mol. The first-order chi connectivity index (χ1) is 18.0. The molecule has 0 spiro atoms. The van der Waals surface area contributed by atoms with Gasteiger partial charge < -0.3 is 19.7 Å². The van der Waals surface area contributed by atoms with Crippen LogP contribution in [0.25, 0.3) is 5.76 Å². The van der Waals surface area contributed by atoms with Gasteiger partial charge in [-0.3, -0.25) is 14.5 Å². The molecule has 1 amide bonds. The van der Waals surface area contributed by atoms with E-state index < -0.39 is 29.5 Å². The summed E-state index contributed by atoms with van der Waals surface area (Å²) in [7, 11) is 1.39. The van der Waals surface area contributed by atoms with Crippen molar-refractivity contribution >= 4 is 52.3 Å². The van der Waals surface area contributed by atoms with E-state index in [0.29, 0.717) is 11.3 Å². The summed E-state index contributed by atoms with van der Waals surface area (Å²) < 4.78 is 10.4. The number of ether oxygens (including phenoxy) is 2. The van der Waals surface area contributed by atoms with E-state index in [-0.39, 0.29) is 44.3 Å². The van der Waals surface area contributed by atoms with Crippen LogP contribution in [0.1, 0.15) is 41.4 Å². The number of rotatable bonds is 6. The van der Waals surface area contributed by atoms with Gasteiger partial charge >= 0.3 is 5.97 Å². The Labute approximate surface area is 228 Å². The molecule has 3 aromatic rings. The molecule has 1 saturated heterocycles. The second kappa shape index (κ2) is 10.8. The maximum Gasteiger partial charge on any atom is 0.338 e. The minimum Gasteiger partial charge on any atom is -0.508 e. The largest absolute Gasteiger partial charge is 0.508 e. The number of amides is 1. The standard InChI is InChI=1S/C28H23Cl2NO7/c1-14(2)38-28(36)16-4-8-18(9-5-16)31-23(15-6-10-19(32)11-7-15)22(25(34)27(31)35)24(33)17-12-20(29)26(37-3)21(30)13-17/h4-14,23,32-33H,1-3H3/b24-22+. The number of carbonyl (C=O) groups is 3. The topological polar surface area (TPSA) is 113 Å². The molecular formula is C28H23Cl2NO7. The molecule has 1 aliphatic rings. The number of hydrogen-bond acceptors (Lipinski definition) is 7. The number of carbonyl (C=O) groups excluding carboxylic acids is 3. The Morgan fingerprint density at radius 1 is 0.947 bits per heavy atom. The summed E-state index contributed by atoms with van der Waals surface area (Å²) in [5.74, 6) is -2.69. The number of hydrogen-bond donors (Lipinski definition) is 2. The number of methoxy groups -OCH3 is 1. The van der Waals surface area contributed by atoms with Crippen LogP contribution < -0.4 is 9.64 Å². The molecule has 0 saturated carbocycles. The fraction of sp³-hybridized carbons (Fsp3) is 0.179. The second-order valence-electron chi connectivity index (χ2n) is 8.73. The minimum absolute atomic E-state index is 0.0209. The second-order valence-corrected chi connectivity index (χ2v) is 9.55. The maximum absolute atomic E-state index is 13.3. The fourth-order valence-electron chi connectivity index (χ4n) is 4.16. The van der Waals surface area contributed by atoms with E-state index in [1.54, 1.807) is 13.8 Å². The van der Waals surface area contributed by atoms with Crippen LogP contribution in [-0.2, 0) is 14.3 Å². The summed E-state index contributed by atoms with van der Waals surface area (Å²) in [6, 6.07) is 13.5. The average Bonchev–Trinajstić information content (AvgIpc) is 3.13. The van der Waals surface area contributed by atoms with Gasteiger partial charge in [-0.25, -0.2) is 4.79 Å². The van der Waals surface area contributed by atoms with Gasteiger partial charge in [0, 0.05) is 11.3 Å². The van der Waals surface area contributed by atoms with Gasteiger partial charge in [0.15, 0.2) is 5.75 Å². The molecule has 0 bridgehead atoms. The molecule has 10 heteroatoms. The number of phenolic OH excluding ortho intramolecular Hbond substituents is 1. The summed E-state index contributed by atoms with van der Waals surface area (Å²) in [6.07, 6.45) is -0.311. The number of aliphatic hydroxyl groups is 1. The predicted octanol–water partition coefficient (Wildman–Crippen LogP) is 5.90. The summed E-state index contributed by atoms with van der Waals surface area (Å²) in [6.45, 7) is 3.46. The number of Topliss-reactive ketones (excluding diaryl/α,β-unsaturated/α-hetero) is 1. The zero-order valence-corrected chi connectivity index (χ0v) is 22.1. The molecule has 196 valence electrons. The number of ketones is 1. The highest BCUT2D eigenvalue weighted by atomic mass is 35.5. The third kappa shape index (κ3) is 5.05. The Morgan fingerprint density at radius 3 is 2.05 bits per heavy atom. The van der Waals surface area contributed by atoms with Gasteiger partial charge in [-0.1, -0.05) is 35.3 Å². The van der Waals surface area contributed by atoms with Crippen molar-refractivity contribution < 1.29 is 34.1 Å². The zero-order chi connectivity index (χ0) is 27.7. The van der Waals surface area contributed by atoms with Crippen molar-refractivity contribution in [3.05, 3.63) is 93.0 Å². The maximum atomic E-state index is 13.3.